The van der Waals surface area contributed by atoms with Crippen LogP contribution in [-0.4, -0.2) is 17.9 Å². The van der Waals surface area contributed by atoms with E-state index in [0.717, 1.165) is 20.8 Å². The number of carboxylic acids is 3. The number of aliphatic carboxylic acids is 3. The zero-order chi connectivity index (χ0) is 10.7. The van der Waals surface area contributed by atoms with Crippen molar-refractivity contribution in [1.82, 2.24) is 0 Å². The fourth-order valence-electron chi connectivity index (χ4n) is 0. The van der Waals surface area contributed by atoms with Crippen LogP contribution in [0.4, 0.5) is 0 Å². The van der Waals surface area contributed by atoms with E-state index in [1.807, 2.05) is 0 Å². The fourth-order valence-corrected chi connectivity index (χ4v) is 0. The molecule has 0 saturated heterocycles. The van der Waals surface area contributed by atoms with E-state index in [4.69, 9.17) is 29.7 Å². The van der Waals surface area contributed by atoms with E-state index in [1.165, 1.54) is 0 Å². The molecule has 1 radical (unpaired) electrons. The molecule has 0 aliphatic heterocycles. The van der Waals surface area contributed by atoms with Gasteiger partial charge in [-0.3, -0.25) is 0 Å². The van der Waals surface area contributed by atoms with Crippen LogP contribution in [0.25, 0.3) is 0 Å². The van der Waals surface area contributed by atoms with Gasteiger partial charge in [0.1, 0.15) is 0 Å². The quantitative estimate of drug-likeness (QED) is 0.390. The van der Waals surface area contributed by atoms with Crippen LogP contribution in [0.5, 0.6) is 0 Å². The third kappa shape index (κ3) is 5390. The van der Waals surface area contributed by atoms with Crippen LogP contribution in [0.15, 0.2) is 0 Å². The normalized spacial score (nSPS) is 5.36. The van der Waals surface area contributed by atoms with E-state index in [0.29, 0.717) is 0 Å². The van der Waals surface area contributed by atoms with Gasteiger partial charge in [-0.15, -0.1) is 0 Å². The molecule has 8 heteroatoms. The molecule has 0 unspecified atom stereocenters. The van der Waals surface area contributed by atoms with Crippen LogP contribution in [0.2, 0.25) is 0 Å². The molecule has 0 amide bonds. The summed E-state index contributed by atoms with van der Waals surface area (Å²) in [5.74, 6) is -3.25. The Kier molecular flexibility index (Phi) is 47.7. The van der Waals surface area contributed by atoms with Crippen molar-refractivity contribution in [2.75, 3.05) is 0 Å². The summed E-state index contributed by atoms with van der Waals surface area (Å²) in [7, 11) is 0. The summed E-state index contributed by atoms with van der Waals surface area (Å²) in [6.45, 7) is 2.92. The third-order valence-electron chi connectivity index (χ3n) is 0. The number of hydrogen-bond acceptors (Lipinski definition) is 6. The van der Waals surface area contributed by atoms with Gasteiger partial charge in [0.05, 0.1) is 0 Å². The Morgan fingerprint density at radius 2 is 0.714 bits per heavy atom. The molecule has 14 heavy (non-hydrogen) atoms. The van der Waals surface area contributed by atoms with Gasteiger partial charge in [0.2, 0.25) is 0 Å². The fraction of sp³-hybridized carbons (Fsp3) is 0.500. The molecule has 0 N–H and O–H groups in total. The summed E-state index contributed by atoms with van der Waals surface area (Å²) >= 11 is 0. The number of carbonyl (C=O) groups is 3. The van der Waals surface area contributed by atoms with E-state index >= 15 is 0 Å². The van der Waals surface area contributed by atoms with Crippen molar-refractivity contribution in [3.05, 3.63) is 0 Å². The topological polar surface area (TPSA) is 120 Å². The monoisotopic (exact) mass is 243 g/mol. The van der Waals surface area contributed by atoms with Gasteiger partial charge in [-0.05, 0) is 20.8 Å². The Morgan fingerprint density at radius 3 is 0.714 bits per heavy atom. The van der Waals surface area contributed by atoms with Crippen LogP contribution in [-0.2, 0) is 31.2 Å². The number of rotatable bonds is 0. The van der Waals surface area contributed by atoms with Crippen molar-refractivity contribution in [3.63, 3.8) is 0 Å². The van der Waals surface area contributed by atoms with Crippen molar-refractivity contribution in [3.8, 4) is 0 Å². The first-order valence-corrected chi connectivity index (χ1v) is 2.72. The van der Waals surface area contributed by atoms with Crippen molar-refractivity contribution in [2.24, 2.45) is 0 Å². The van der Waals surface area contributed by atoms with E-state index in [-0.39, 0.29) is 35.6 Å². The predicted octanol–water partition coefficient (Wildman–Crippen LogP) is -6.73. The van der Waals surface area contributed by atoms with E-state index in [1.54, 1.807) is 0 Å². The molecule has 0 aromatic heterocycles. The molecule has 0 fully saturated rings. The first-order chi connectivity index (χ1) is 5.20. The molecular formula is C6H9CoLiO6. The molecule has 0 rings (SSSR count). The molecule has 0 bridgehead atoms. The number of carbonyl (C=O) groups excluding carboxylic acids is 3. The molecule has 79 valence electrons. The van der Waals surface area contributed by atoms with Gasteiger partial charge >= 0.3 is 35.6 Å². The van der Waals surface area contributed by atoms with Crippen molar-refractivity contribution >= 4 is 17.9 Å². The predicted molar refractivity (Wildman–Crippen MR) is 32.0 cm³/mol. The van der Waals surface area contributed by atoms with E-state index in [2.05, 4.69) is 0 Å². The summed E-state index contributed by atoms with van der Waals surface area (Å²) in [5, 5.41) is 26.7. The van der Waals surface area contributed by atoms with Crippen LogP contribution in [0.3, 0.4) is 0 Å². The zero-order valence-corrected chi connectivity index (χ0v) is 9.32. The zero-order valence-electron chi connectivity index (χ0n) is 8.28. The second kappa shape index (κ2) is 22.9. The summed E-state index contributed by atoms with van der Waals surface area (Å²) in [5.41, 5.74) is 0. The van der Waals surface area contributed by atoms with Crippen LogP contribution < -0.4 is 34.2 Å². The first-order valence-electron chi connectivity index (χ1n) is 2.72. The summed E-state index contributed by atoms with van der Waals surface area (Å²) in [4.78, 5) is 26.7. The maximum absolute atomic E-state index is 8.89. The molecule has 0 atom stereocenters. The van der Waals surface area contributed by atoms with Gasteiger partial charge in [-0.1, -0.05) is 0 Å². The Labute approximate surface area is 104 Å². The maximum Gasteiger partial charge on any atom is 2.00 e. The van der Waals surface area contributed by atoms with Crippen molar-refractivity contribution in [2.45, 2.75) is 20.8 Å². The largest absolute Gasteiger partial charge is 2.00 e. The van der Waals surface area contributed by atoms with Crippen LogP contribution >= 0.6 is 0 Å². The second-order valence-electron chi connectivity index (χ2n) is 1.47. The van der Waals surface area contributed by atoms with Crippen LogP contribution in [0.1, 0.15) is 20.8 Å². The minimum absolute atomic E-state index is 0. The van der Waals surface area contributed by atoms with Gasteiger partial charge < -0.3 is 29.7 Å². The first kappa shape index (κ1) is 29.2. The molecule has 0 spiro atoms. The number of hydrogen-bond donors (Lipinski definition) is 0. The van der Waals surface area contributed by atoms with Gasteiger partial charge in [0.25, 0.3) is 0 Å². The molecular weight excluding hydrogens is 234 g/mol. The van der Waals surface area contributed by atoms with Gasteiger partial charge in [0, 0.05) is 17.9 Å². The molecule has 0 saturated carbocycles. The molecule has 0 aromatic rings. The average molecular weight is 243 g/mol. The average Bonchev–Trinajstić information content (AvgIpc) is 1.54. The molecule has 0 aliphatic rings. The summed E-state index contributed by atoms with van der Waals surface area (Å²) in [6.07, 6.45) is 0. The minimum Gasteiger partial charge on any atom is -0.550 e. The second-order valence-corrected chi connectivity index (χ2v) is 1.47. The number of carboxylic acid groups (broad SMARTS) is 3. The van der Waals surface area contributed by atoms with Crippen molar-refractivity contribution in [1.29, 1.82) is 0 Å². The SMILES string of the molecule is CC(=O)[O-].CC(=O)[O-].CC(=O)[O-].[Co+2].[Li+]. The summed E-state index contributed by atoms with van der Waals surface area (Å²) < 4.78 is 0. The van der Waals surface area contributed by atoms with Crippen LogP contribution in [0, 0.1) is 0 Å². The van der Waals surface area contributed by atoms with Gasteiger partial charge in [0.15, 0.2) is 0 Å². The minimum atomic E-state index is -1.08. The van der Waals surface area contributed by atoms with Crippen molar-refractivity contribution < 1.29 is 65.3 Å². The van der Waals surface area contributed by atoms with E-state index < -0.39 is 17.9 Å². The molecule has 0 aliphatic carbocycles. The Balaban J connectivity index is -0.0000000270. The molecule has 0 aromatic carbocycles. The smallest absolute Gasteiger partial charge is 0.550 e. The third-order valence-corrected chi connectivity index (χ3v) is 0. The Hall–Kier alpha value is -0.486. The Bertz CT molecular complexity index is 120. The van der Waals surface area contributed by atoms with Gasteiger partial charge in [-0.25, -0.2) is 0 Å². The standard InChI is InChI=1S/3C2H4O2.Co.Li/c3*1-2(3)4;;/h3*1H3,(H,3,4);;/q;;;+2;+1/p-3. The molecule has 6 nitrogen and oxygen atoms in total. The van der Waals surface area contributed by atoms with E-state index in [9.17, 15) is 0 Å². The van der Waals surface area contributed by atoms with Gasteiger partial charge in [-0.2, -0.15) is 0 Å². The Morgan fingerprint density at radius 1 is 0.714 bits per heavy atom. The molecule has 0 heterocycles. The maximum atomic E-state index is 8.89. The summed E-state index contributed by atoms with van der Waals surface area (Å²) in [6, 6.07) is 0.